The van der Waals surface area contributed by atoms with Crippen LogP contribution in [0, 0.1) is 6.92 Å². The first-order chi connectivity index (χ1) is 10.1. The number of nitrogens with zero attached hydrogens (tertiary/aromatic N) is 1. The van der Waals surface area contributed by atoms with Crippen LogP contribution >= 0.6 is 12.4 Å². The fraction of sp³-hybridized carbons (Fsp3) is 0.500. The topological polar surface area (TPSA) is 61.4 Å². The second-order valence-electron chi connectivity index (χ2n) is 5.39. The van der Waals surface area contributed by atoms with Crippen LogP contribution in [0.15, 0.2) is 24.3 Å². The molecule has 0 aliphatic carbocycles. The first-order valence-corrected chi connectivity index (χ1v) is 7.46. The number of nitrogens with one attached hydrogen (secondary N) is 2. The molecule has 0 unspecified atom stereocenters. The SMILES string of the molecule is Cc1ccc(CCC(=O)NCC(=O)N2CCNCC2)cc1.Cl. The summed E-state index contributed by atoms with van der Waals surface area (Å²) < 4.78 is 0. The average Bonchev–Trinajstić information content (AvgIpc) is 2.53. The van der Waals surface area contributed by atoms with Crippen molar-refractivity contribution in [2.45, 2.75) is 19.8 Å². The molecule has 6 heteroatoms. The van der Waals surface area contributed by atoms with Crippen LogP contribution < -0.4 is 10.6 Å². The molecule has 1 aromatic carbocycles. The summed E-state index contributed by atoms with van der Waals surface area (Å²) in [5.74, 6) is -0.0701. The Morgan fingerprint density at radius 3 is 2.45 bits per heavy atom. The summed E-state index contributed by atoms with van der Waals surface area (Å²) in [4.78, 5) is 25.5. The molecule has 0 spiro atoms. The molecule has 1 heterocycles. The molecule has 5 nitrogen and oxygen atoms in total. The molecular weight excluding hydrogens is 302 g/mol. The molecule has 1 aliphatic heterocycles. The maximum atomic E-state index is 11.9. The van der Waals surface area contributed by atoms with E-state index in [-0.39, 0.29) is 30.8 Å². The highest BCUT2D eigenvalue weighted by molar-refractivity contribution is 5.85. The van der Waals surface area contributed by atoms with Crippen LogP contribution in [-0.2, 0) is 16.0 Å². The van der Waals surface area contributed by atoms with Crippen molar-refractivity contribution in [3.05, 3.63) is 35.4 Å². The van der Waals surface area contributed by atoms with Gasteiger partial charge in [0, 0.05) is 32.6 Å². The molecule has 2 N–H and O–H groups in total. The molecule has 1 saturated heterocycles. The third-order valence-electron chi connectivity index (χ3n) is 3.67. The molecule has 2 amide bonds. The number of hydrogen-bond acceptors (Lipinski definition) is 3. The van der Waals surface area contributed by atoms with Crippen LogP contribution in [0.1, 0.15) is 17.5 Å². The van der Waals surface area contributed by atoms with Gasteiger partial charge in [-0.2, -0.15) is 0 Å². The van der Waals surface area contributed by atoms with Crippen molar-refractivity contribution in [1.29, 1.82) is 0 Å². The van der Waals surface area contributed by atoms with Gasteiger partial charge in [-0.3, -0.25) is 9.59 Å². The van der Waals surface area contributed by atoms with Crippen molar-refractivity contribution < 1.29 is 9.59 Å². The zero-order valence-electron chi connectivity index (χ0n) is 12.9. The van der Waals surface area contributed by atoms with E-state index >= 15 is 0 Å². The largest absolute Gasteiger partial charge is 0.347 e. The van der Waals surface area contributed by atoms with Gasteiger partial charge in [0.05, 0.1) is 6.54 Å². The standard InChI is InChI=1S/C16H23N3O2.ClH/c1-13-2-4-14(5-3-13)6-7-15(20)18-12-16(21)19-10-8-17-9-11-19;/h2-5,17H,6-12H2,1H3,(H,18,20);1H. The lowest BCUT2D eigenvalue weighted by Gasteiger charge is -2.27. The van der Waals surface area contributed by atoms with Crippen molar-refractivity contribution in [2.24, 2.45) is 0 Å². The van der Waals surface area contributed by atoms with Crippen LogP contribution in [0.2, 0.25) is 0 Å². The number of hydrogen-bond donors (Lipinski definition) is 2. The molecule has 1 fully saturated rings. The summed E-state index contributed by atoms with van der Waals surface area (Å²) in [5.41, 5.74) is 2.36. The summed E-state index contributed by atoms with van der Waals surface area (Å²) in [6, 6.07) is 8.16. The summed E-state index contributed by atoms with van der Waals surface area (Å²) in [6.45, 7) is 5.24. The molecule has 0 aromatic heterocycles. The summed E-state index contributed by atoms with van der Waals surface area (Å²) in [6.07, 6.45) is 1.12. The van der Waals surface area contributed by atoms with Gasteiger partial charge in [-0.05, 0) is 18.9 Å². The molecule has 122 valence electrons. The Bertz CT molecular complexity index is 485. The second kappa shape index (κ2) is 9.43. The Labute approximate surface area is 137 Å². The van der Waals surface area contributed by atoms with Crippen molar-refractivity contribution >= 4 is 24.2 Å². The van der Waals surface area contributed by atoms with E-state index in [2.05, 4.69) is 10.6 Å². The molecule has 22 heavy (non-hydrogen) atoms. The molecule has 1 aromatic rings. The lowest BCUT2D eigenvalue weighted by atomic mass is 10.1. The highest BCUT2D eigenvalue weighted by Gasteiger charge is 2.16. The van der Waals surface area contributed by atoms with E-state index in [9.17, 15) is 9.59 Å². The van der Waals surface area contributed by atoms with Crippen LogP contribution in [0.25, 0.3) is 0 Å². The van der Waals surface area contributed by atoms with Gasteiger partial charge in [0.1, 0.15) is 0 Å². The van der Waals surface area contributed by atoms with E-state index in [1.807, 2.05) is 31.2 Å². The number of amides is 2. The number of carbonyl (C=O) groups is 2. The highest BCUT2D eigenvalue weighted by Crippen LogP contribution is 2.05. The molecular formula is C16H24ClN3O2. The van der Waals surface area contributed by atoms with Crippen LogP contribution in [0.5, 0.6) is 0 Å². The van der Waals surface area contributed by atoms with Crippen LogP contribution in [-0.4, -0.2) is 49.4 Å². The van der Waals surface area contributed by atoms with Gasteiger partial charge in [0.2, 0.25) is 11.8 Å². The number of benzene rings is 1. The second-order valence-corrected chi connectivity index (χ2v) is 5.39. The van der Waals surface area contributed by atoms with Gasteiger partial charge >= 0.3 is 0 Å². The molecule has 1 aliphatic rings. The number of aryl methyl sites for hydroxylation is 2. The normalized spacial score (nSPS) is 14.1. The van der Waals surface area contributed by atoms with Gasteiger partial charge in [-0.1, -0.05) is 29.8 Å². The van der Waals surface area contributed by atoms with Crippen LogP contribution in [0.4, 0.5) is 0 Å². The van der Waals surface area contributed by atoms with Crippen molar-refractivity contribution in [3.8, 4) is 0 Å². The van der Waals surface area contributed by atoms with Crippen molar-refractivity contribution in [3.63, 3.8) is 0 Å². The summed E-state index contributed by atoms with van der Waals surface area (Å²) in [5, 5.41) is 5.91. The van der Waals surface area contributed by atoms with Crippen LogP contribution in [0.3, 0.4) is 0 Å². The maximum Gasteiger partial charge on any atom is 0.242 e. The fourth-order valence-electron chi connectivity index (χ4n) is 2.30. The Morgan fingerprint density at radius 1 is 1.18 bits per heavy atom. The zero-order chi connectivity index (χ0) is 15.1. The van der Waals surface area contributed by atoms with Crippen molar-refractivity contribution in [2.75, 3.05) is 32.7 Å². The van der Waals surface area contributed by atoms with Crippen molar-refractivity contribution in [1.82, 2.24) is 15.5 Å². The van der Waals surface area contributed by atoms with E-state index in [0.29, 0.717) is 12.8 Å². The third kappa shape index (κ3) is 6.03. The Hall–Kier alpha value is -1.59. The van der Waals surface area contributed by atoms with Gasteiger partial charge in [-0.25, -0.2) is 0 Å². The minimum atomic E-state index is -0.0703. The van der Waals surface area contributed by atoms with E-state index in [1.54, 1.807) is 4.90 Å². The minimum absolute atomic E-state index is 0. The van der Waals surface area contributed by atoms with Gasteiger partial charge < -0.3 is 15.5 Å². The lowest BCUT2D eigenvalue weighted by molar-refractivity contribution is -0.133. The predicted molar refractivity (Wildman–Crippen MR) is 89.2 cm³/mol. The number of piperazine rings is 1. The zero-order valence-corrected chi connectivity index (χ0v) is 13.7. The molecule has 0 bridgehead atoms. The van der Waals surface area contributed by atoms with Gasteiger partial charge in [0.15, 0.2) is 0 Å². The fourth-order valence-corrected chi connectivity index (χ4v) is 2.30. The van der Waals surface area contributed by atoms with E-state index < -0.39 is 0 Å². The smallest absolute Gasteiger partial charge is 0.242 e. The summed E-state index contributed by atoms with van der Waals surface area (Å²) >= 11 is 0. The average molecular weight is 326 g/mol. The monoisotopic (exact) mass is 325 g/mol. The van der Waals surface area contributed by atoms with E-state index in [0.717, 1.165) is 31.7 Å². The lowest BCUT2D eigenvalue weighted by Crippen LogP contribution is -2.49. The summed E-state index contributed by atoms with van der Waals surface area (Å²) in [7, 11) is 0. The predicted octanol–water partition coefficient (Wildman–Crippen LogP) is 0.897. The Kier molecular flexibility index (Phi) is 7.91. The number of halogens is 1. The molecule has 2 rings (SSSR count). The number of carbonyl (C=O) groups excluding carboxylic acids is 2. The van der Waals surface area contributed by atoms with Gasteiger partial charge in [0.25, 0.3) is 0 Å². The van der Waals surface area contributed by atoms with E-state index in [1.165, 1.54) is 5.56 Å². The third-order valence-corrected chi connectivity index (χ3v) is 3.67. The van der Waals surface area contributed by atoms with Gasteiger partial charge in [-0.15, -0.1) is 12.4 Å². The first kappa shape index (κ1) is 18.5. The molecule has 0 atom stereocenters. The Morgan fingerprint density at radius 2 is 1.82 bits per heavy atom. The quantitative estimate of drug-likeness (QED) is 0.845. The molecule has 0 saturated carbocycles. The van der Waals surface area contributed by atoms with E-state index in [4.69, 9.17) is 0 Å². The minimum Gasteiger partial charge on any atom is -0.347 e. The first-order valence-electron chi connectivity index (χ1n) is 7.46. The highest BCUT2D eigenvalue weighted by atomic mass is 35.5. The maximum absolute atomic E-state index is 11.9. The Balaban J connectivity index is 0.00000242. The molecule has 0 radical (unpaired) electrons. The number of rotatable bonds is 5.